The molecule has 0 bridgehead atoms. The number of furan rings is 1. The average Bonchev–Trinajstić information content (AvgIpc) is 3.02. The van der Waals surface area contributed by atoms with Gasteiger partial charge in [0.2, 0.25) is 11.8 Å². The summed E-state index contributed by atoms with van der Waals surface area (Å²) in [5, 5.41) is -0.550. The second-order valence-electron chi connectivity index (χ2n) is 4.62. The van der Waals surface area contributed by atoms with Gasteiger partial charge in [-0.2, -0.15) is 9.37 Å². The zero-order valence-corrected chi connectivity index (χ0v) is 14.3. The second-order valence-corrected chi connectivity index (χ2v) is 6.41. The predicted octanol–water partition coefficient (Wildman–Crippen LogP) is 4.32. The van der Waals surface area contributed by atoms with E-state index < -0.39 is 12.1 Å². The maximum atomic E-state index is 13.5. The number of thioether (sulfide) groups is 1. The molecule has 0 aromatic carbocycles. The summed E-state index contributed by atoms with van der Waals surface area (Å²) in [4.78, 5) is 15.4. The van der Waals surface area contributed by atoms with Crippen molar-refractivity contribution in [2.24, 2.45) is 0 Å². The third kappa shape index (κ3) is 4.76. The summed E-state index contributed by atoms with van der Waals surface area (Å²) in [6, 6.07) is 3.53. The molecule has 2 rings (SSSR count). The molecule has 2 N–H and O–H groups in total. The maximum absolute atomic E-state index is 13.5. The van der Waals surface area contributed by atoms with Crippen molar-refractivity contribution in [3.05, 3.63) is 40.1 Å². The molecule has 0 amide bonds. The Morgan fingerprint density at radius 1 is 1.52 bits per heavy atom. The van der Waals surface area contributed by atoms with Crippen molar-refractivity contribution in [1.82, 2.24) is 4.98 Å². The highest BCUT2D eigenvalue weighted by atomic mass is 35.5. The Labute approximate surface area is 146 Å². The van der Waals surface area contributed by atoms with Crippen LogP contribution in [-0.4, -0.2) is 16.2 Å². The Morgan fingerprint density at radius 2 is 2.26 bits per heavy atom. The fraction of sp³-hybridized carbons (Fsp3) is 0.286. The first-order valence-corrected chi connectivity index (χ1v) is 8.27. The van der Waals surface area contributed by atoms with Gasteiger partial charge in [-0.25, -0.2) is 0 Å². The predicted molar refractivity (Wildman–Crippen MR) is 88.3 cm³/mol. The molecule has 23 heavy (non-hydrogen) atoms. The molecule has 0 aliphatic heterocycles. The molecule has 0 aliphatic rings. The lowest BCUT2D eigenvalue weighted by molar-refractivity contribution is -0.112. The molecule has 0 radical (unpaired) electrons. The largest absolute Gasteiger partial charge is 0.473 e. The molecule has 0 aliphatic carbocycles. The van der Waals surface area contributed by atoms with E-state index in [1.54, 1.807) is 25.3 Å². The van der Waals surface area contributed by atoms with E-state index >= 15 is 0 Å². The quantitative estimate of drug-likeness (QED) is 0.754. The summed E-state index contributed by atoms with van der Waals surface area (Å²) in [6.07, 6.45) is 1.07. The smallest absolute Gasteiger partial charge is 0.237 e. The Kier molecular flexibility index (Phi) is 6.15. The summed E-state index contributed by atoms with van der Waals surface area (Å²) in [6.45, 7) is 1.64. The molecular formula is C14H13Cl2FN2O3S. The summed E-state index contributed by atoms with van der Waals surface area (Å²) in [5.41, 5.74) is 5.41. The lowest BCUT2D eigenvalue weighted by Gasteiger charge is -2.15. The number of anilines is 1. The van der Waals surface area contributed by atoms with Crippen molar-refractivity contribution in [2.45, 2.75) is 25.2 Å². The van der Waals surface area contributed by atoms with Gasteiger partial charge in [-0.15, -0.1) is 0 Å². The minimum atomic E-state index is -0.978. The van der Waals surface area contributed by atoms with Gasteiger partial charge in [0.15, 0.2) is 5.12 Å². The molecule has 124 valence electrons. The normalized spacial score (nSPS) is 12.2. The van der Waals surface area contributed by atoms with Gasteiger partial charge in [0, 0.05) is 0 Å². The van der Waals surface area contributed by atoms with Gasteiger partial charge in [0.05, 0.1) is 24.1 Å². The number of nitrogen functional groups attached to an aromatic ring is 1. The zero-order chi connectivity index (χ0) is 17.0. The first kappa shape index (κ1) is 17.9. The number of carbonyl (C=O) groups is 1. The number of ether oxygens (including phenoxy) is 1. The maximum Gasteiger partial charge on any atom is 0.237 e. The molecule has 0 unspecified atom stereocenters. The minimum absolute atomic E-state index is 0.0843. The van der Waals surface area contributed by atoms with Gasteiger partial charge in [0.25, 0.3) is 0 Å². The standard InChI is InChI=1S/C14H13Cl2FN2O3S/c1-7(5-9(20)23-6-8-3-2-4-21-8)22-14-11(16)12(18)10(15)13(17)19-14/h2-4,7H,5-6H2,1H3,(H2,18,19)/t7-/m1/s1. The molecule has 0 spiro atoms. The number of carbonyl (C=O) groups excluding carboxylic acids is 1. The number of pyridine rings is 1. The minimum Gasteiger partial charge on any atom is -0.473 e. The Hall–Kier alpha value is -1.44. The molecular weight excluding hydrogens is 366 g/mol. The van der Waals surface area contributed by atoms with E-state index in [-0.39, 0.29) is 33.1 Å². The molecule has 2 aromatic rings. The zero-order valence-electron chi connectivity index (χ0n) is 12.0. The monoisotopic (exact) mass is 378 g/mol. The van der Waals surface area contributed by atoms with Crippen molar-refractivity contribution in [3.8, 4) is 5.88 Å². The number of nitrogens with two attached hydrogens (primary N) is 1. The molecule has 0 fully saturated rings. The Balaban J connectivity index is 1.91. The van der Waals surface area contributed by atoms with E-state index in [0.717, 1.165) is 11.8 Å². The highest BCUT2D eigenvalue weighted by Crippen LogP contribution is 2.35. The molecule has 1 atom stereocenters. The molecule has 0 saturated heterocycles. The summed E-state index contributed by atoms with van der Waals surface area (Å²) >= 11 is 12.6. The second kappa shape index (κ2) is 7.90. The molecule has 0 saturated carbocycles. The van der Waals surface area contributed by atoms with E-state index in [1.165, 1.54) is 0 Å². The first-order valence-electron chi connectivity index (χ1n) is 6.53. The van der Waals surface area contributed by atoms with E-state index in [1.807, 2.05) is 0 Å². The summed E-state index contributed by atoms with van der Waals surface area (Å²) in [7, 11) is 0. The SMILES string of the molecule is C[C@H](CC(=O)SCc1ccco1)Oc1nc(F)c(Cl)c(N)c1Cl. The molecule has 5 nitrogen and oxygen atoms in total. The van der Waals surface area contributed by atoms with Gasteiger partial charge >= 0.3 is 0 Å². The van der Waals surface area contributed by atoms with E-state index in [0.29, 0.717) is 11.5 Å². The van der Waals surface area contributed by atoms with E-state index in [2.05, 4.69) is 4.98 Å². The van der Waals surface area contributed by atoms with Gasteiger partial charge in [-0.3, -0.25) is 4.79 Å². The van der Waals surface area contributed by atoms with Crippen LogP contribution in [0.1, 0.15) is 19.1 Å². The number of hydrogen-bond acceptors (Lipinski definition) is 6. The molecule has 9 heteroatoms. The number of rotatable bonds is 6. The van der Waals surface area contributed by atoms with Crippen LogP contribution in [-0.2, 0) is 10.5 Å². The van der Waals surface area contributed by atoms with Gasteiger partial charge in [-0.1, -0.05) is 35.0 Å². The Bertz CT molecular complexity index is 698. The topological polar surface area (TPSA) is 78.3 Å². The van der Waals surface area contributed by atoms with Crippen molar-refractivity contribution in [2.75, 3.05) is 5.73 Å². The number of aromatic nitrogens is 1. The lowest BCUT2D eigenvalue weighted by Crippen LogP contribution is -2.17. The van der Waals surface area contributed by atoms with Crippen LogP contribution in [0.3, 0.4) is 0 Å². The first-order chi connectivity index (χ1) is 10.9. The average molecular weight is 379 g/mol. The Morgan fingerprint density at radius 3 is 2.91 bits per heavy atom. The van der Waals surface area contributed by atoms with Crippen molar-refractivity contribution < 1.29 is 18.3 Å². The van der Waals surface area contributed by atoms with E-state index in [4.69, 9.17) is 38.1 Å². The summed E-state index contributed by atoms with van der Waals surface area (Å²) in [5.74, 6) is -0.0362. The van der Waals surface area contributed by atoms with Crippen LogP contribution in [0.15, 0.2) is 22.8 Å². The van der Waals surface area contributed by atoms with Crippen LogP contribution in [0.25, 0.3) is 0 Å². The third-order valence-corrected chi connectivity index (χ3v) is 4.41. The number of hydrogen-bond donors (Lipinski definition) is 1. The fourth-order valence-electron chi connectivity index (χ4n) is 1.66. The van der Waals surface area contributed by atoms with Crippen molar-refractivity contribution >= 4 is 45.8 Å². The van der Waals surface area contributed by atoms with Crippen LogP contribution >= 0.6 is 35.0 Å². The lowest BCUT2D eigenvalue weighted by atomic mass is 10.3. The third-order valence-electron chi connectivity index (χ3n) is 2.76. The van der Waals surface area contributed by atoms with Gasteiger partial charge < -0.3 is 14.9 Å². The number of halogens is 3. The number of nitrogens with zero attached hydrogens (tertiary/aromatic N) is 1. The highest BCUT2D eigenvalue weighted by molar-refractivity contribution is 8.12. The van der Waals surface area contributed by atoms with Crippen LogP contribution < -0.4 is 10.5 Å². The van der Waals surface area contributed by atoms with Crippen LogP contribution in [0.4, 0.5) is 10.1 Å². The van der Waals surface area contributed by atoms with Crippen molar-refractivity contribution in [1.29, 1.82) is 0 Å². The van der Waals surface area contributed by atoms with Crippen LogP contribution in [0.5, 0.6) is 5.88 Å². The fourth-order valence-corrected chi connectivity index (χ4v) is 2.85. The molecule has 2 heterocycles. The highest BCUT2D eigenvalue weighted by Gasteiger charge is 2.19. The van der Waals surface area contributed by atoms with Crippen molar-refractivity contribution in [3.63, 3.8) is 0 Å². The molecule has 2 aromatic heterocycles. The van der Waals surface area contributed by atoms with Gasteiger partial charge in [0.1, 0.15) is 21.9 Å². The van der Waals surface area contributed by atoms with Crippen LogP contribution in [0, 0.1) is 5.95 Å². The summed E-state index contributed by atoms with van der Waals surface area (Å²) < 4.78 is 24.0. The van der Waals surface area contributed by atoms with E-state index in [9.17, 15) is 9.18 Å². The van der Waals surface area contributed by atoms with Crippen LogP contribution in [0.2, 0.25) is 10.0 Å². The van der Waals surface area contributed by atoms with Gasteiger partial charge in [-0.05, 0) is 19.1 Å².